The Hall–Kier alpha value is 0.160. The highest BCUT2D eigenvalue weighted by Crippen LogP contribution is 1.99. The Kier molecular flexibility index (Phi) is 4.98. The van der Waals surface area contributed by atoms with Crippen LogP contribution in [0.25, 0.3) is 0 Å². The van der Waals surface area contributed by atoms with Crippen molar-refractivity contribution in [3.63, 3.8) is 0 Å². The number of likely N-dealkylation sites (tertiary alicyclic amines) is 1. The van der Waals surface area contributed by atoms with Crippen molar-refractivity contribution in [3.8, 4) is 0 Å². The van der Waals surface area contributed by atoms with E-state index in [0.717, 1.165) is 31.6 Å². The maximum atomic E-state index is 10.1. The van der Waals surface area contributed by atoms with Crippen molar-refractivity contribution in [2.45, 2.75) is 12.8 Å². The molecule has 3 nitrogen and oxygen atoms in total. The van der Waals surface area contributed by atoms with Crippen LogP contribution in [0.5, 0.6) is 0 Å². The van der Waals surface area contributed by atoms with Crippen LogP contribution in [0.3, 0.4) is 0 Å². The van der Waals surface area contributed by atoms with Crippen molar-refractivity contribution < 1.29 is 29.1 Å². The summed E-state index contributed by atoms with van der Waals surface area (Å²) in [6.07, 6.45) is 1.83. The summed E-state index contributed by atoms with van der Waals surface area (Å²) in [5, 5.41) is 12.1. The molecule has 0 amide bonds. The van der Waals surface area contributed by atoms with Gasteiger partial charge in [-0.1, -0.05) is 0 Å². The van der Waals surface area contributed by atoms with Gasteiger partial charge >= 0.3 is 0 Å². The predicted octanol–water partition coefficient (Wildman–Crippen LogP) is -4.26. The summed E-state index contributed by atoms with van der Waals surface area (Å²) in [5.41, 5.74) is 0.952. The normalized spacial score (nSPS) is 19.9. The van der Waals surface area contributed by atoms with Crippen LogP contribution in [0.15, 0.2) is 0 Å². The number of halogens is 1. The maximum Gasteiger partial charge on any atom is 0.164 e. The molecule has 0 radical (unpaired) electrons. The van der Waals surface area contributed by atoms with Crippen molar-refractivity contribution in [2.75, 3.05) is 20.1 Å². The van der Waals surface area contributed by atoms with E-state index in [0.29, 0.717) is 0 Å². The molecule has 0 atom stereocenters. The zero-order chi connectivity index (χ0) is 6.69. The summed E-state index contributed by atoms with van der Waals surface area (Å²) >= 11 is 0. The van der Waals surface area contributed by atoms with Crippen LogP contribution >= 0.6 is 0 Å². The maximum absolute atomic E-state index is 10.1. The molecule has 0 aliphatic carbocycles. The highest BCUT2D eigenvalue weighted by atomic mass is 127. The fourth-order valence-corrected chi connectivity index (χ4v) is 0.991. The third kappa shape index (κ3) is 2.83. The number of rotatable bonds is 0. The second-order valence-corrected chi connectivity index (χ2v) is 2.51. The number of hydrogen-bond donors (Lipinski definition) is 1. The summed E-state index contributed by atoms with van der Waals surface area (Å²) in [6.45, 7) is 2.04. The van der Waals surface area contributed by atoms with Gasteiger partial charge in [-0.05, 0) is 7.05 Å². The molecule has 0 spiro atoms. The molecule has 0 saturated carbocycles. The Bertz CT molecular complexity index is 117. The lowest BCUT2D eigenvalue weighted by Gasteiger charge is -2.20. The third-order valence-corrected chi connectivity index (χ3v) is 1.73. The monoisotopic (exact) mass is 255 g/mol. The first-order valence-corrected chi connectivity index (χ1v) is 3.24. The summed E-state index contributed by atoms with van der Waals surface area (Å²) in [7, 11) is 2.07. The second-order valence-electron chi connectivity index (χ2n) is 2.51. The zero-order valence-corrected chi connectivity index (χ0v) is 8.22. The summed E-state index contributed by atoms with van der Waals surface area (Å²) in [4.78, 5) is 2.22. The van der Waals surface area contributed by atoms with E-state index in [9.17, 15) is 5.21 Å². The van der Waals surface area contributed by atoms with E-state index < -0.39 is 0 Å². The van der Waals surface area contributed by atoms with E-state index >= 15 is 0 Å². The van der Waals surface area contributed by atoms with E-state index in [1.807, 2.05) is 5.16 Å². The van der Waals surface area contributed by atoms with Crippen LogP contribution in [-0.2, 0) is 0 Å². The lowest BCUT2D eigenvalue weighted by molar-refractivity contribution is -0.377. The molecule has 0 aromatic heterocycles. The molecule has 1 N–H and O–H groups in total. The largest absolute Gasteiger partial charge is 1.00 e. The van der Waals surface area contributed by atoms with E-state index in [2.05, 4.69) is 11.9 Å². The van der Waals surface area contributed by atoms with Crippen molar-refractivity contribution >= 4 is 5.71 Å². The minimum atomic E-state index is 0. The van der Waals surface area contributed by atoms with Gasteiger partial charge in [-0.3, -0.25) is 0 Å². The van der Waals surface area contributed by atoms with Gasteiger partial charge in [-0.25, -0.2) is 5.16 Å². The van der Waals surface area contributed by atoms with Crippen molar-refractivity contribution in [1.82, 2.24) is 4.90 Å². The predicted molar refractivity (Wildman–Crippen MR) is 36.1 cm³/mol. The smallest absolute Gasteiger partial charge is 0.164 e. The highest BCUT2D eigenvalue weighted by Gasteiger charge is 2.13. The van der Waals surface area contributed by atoms with Gasteiger partial charge in [0, 0.05) is 25.9 Å². The lowest BCUT2D eigenvalue weighted by atomic mass is 10.1. The Morgan fingerprint density at radius 3 is 2.30 bits per heavy atom. The molecular formula is C6H12IN2O-. The Morgan fingerprint density at radius 1 is 1.40 bits per heavy atom. The average molecular weight is 255 g/mol. The molecule has 60 valence electrons. The van der Waals surface area contributed by atoms with Crippen molar-refractivity contribution in [3.05, 3.63) is 5.21 Å². The van der Waals surface area contributed by atoms with Crippen LogP contribution in [0.1, 0.15) is 12.8 Å². The Morgan fingerprint density at radius 2 is 1.90 bits per heavy atom. The van der Waals surface area contributed by atoms with E-state index in [-0.39, 0.29) is 24.0 Å². The SMILES string of the molecule is CN1CCC(=[NH+][O-])CC1.[I-]. The summed E-state index contributed by atoms with van der Waals surface area (Å²) < 4.78 is 0. The van der Waals surface area contributed by atoms with Crippen LogP contribution in [-0.4, -0.2) is 30.7 Å². The van der Waals surface area contributed by atoms with E-state index in [4.69, 9.17) is 0 Å². The minimum Gasteiger partial charge on any atom is -1.00 e. The Balaban J connectivity index is 0.000000810. The van der Waals surface area contributed by atoms with Crippen molar-refractivity contribution in [1.29, 1.82) is 0 Å². The molecule has 10 heavy (non-hydrogen) atoms. The van der Waals surface area contributed by atoms with Crippen LogP contribution in [0.2, 0.25) is 0 Å². The van der Waals surface area contributed by atoms with E-state index in [1.54, 1.807) is 0 Å². The summed E-state index contributed by atoms with van der Waals surface area (Å²) in [6, 6.07) is 0. The van der Waals surface area contributed by atoms with Gasteiger partial charge in [0.05, 0.1) is 0 Å². The topological polar surface area (TPSA) is 40.3 Å². The van der Waals surface area contributed by atoms with Gasteiger partial charge in [0.25, 0.3) is 0 Å². The molecule has 4 heteroatoms. The zero-order valence-electron chi connectivity index (χ0n) is 6.06. The van der Waals surface area contributed by atoms with E-state index in [1.165, 1.54) is 0 Å². The van der Waals surface area contributed by atoms with Crippen LogP contribution < -0.4 is 29.1 Å². The number of hydrogen-bond acceptors (Lipinski definition) is 2. The van der Waals surface area contributed by atoms with Gasteiger partial charge in [-0.15, -0.1) is 0 Å². The molecule has 1 rings (SSSR count). The molecule has 1 fully saturated rings. The first-order valence-electron chi connectivity index (χ1n) is 3.24. The lowest BCUT2D eigenvalue weighted by Crippen LogP contribution is -3.00. The molecular weight excluding hydrogens is 243 g/mol. The molecule has 0 aromatic rings. The first-order chi connectivity index (χ1) is 4.33. The van der Waals surface area contributed by atoms with Gasteiger partial charge in [-0.2, -0.15) is 0 Å². The molecule has 0 unspecified atom stereocenters. The number of piperidine rings is 1. The van der Waals surface area contributed by atoms with Crippen LogP contribution in [0, 0.1) is 5.21 Å². The molecule has 1 heterocycles. The molecule has 0 aromatic carbocycles. The number of nitrogens with one attached hydrogen (secondary N) is 1. The van der Waals surface area contributed by atoms with Crippen molar-refractivity contribution in [2.24, 2.45) is 0 Å². The van der Waals surface area contributed by atoms with Crippen LogP contribution in [0.4, 0.5) is 0 Å². The Labute approximate surface area is 78.1 Å². The molecule has 0 bridgehead atoms. The number of nitrogens with zero attached hydrogens (tertiary/aromatic N) is 1. The standard InChI is InChI=1S/C6H12N2O.HI/c1-8-4-2-6(7-9)3-5-8;/h7H,2-5H2,1H3;1H/p-1. The average Bonchev–Trinajstić information content (AvgIpc) is 1.90. The third-order valence-electron chi connectivity index (χ3n) is 1.73. The fourth-order valence-electron chi connectivity index (χ4n) is 0.991. The van der Waals surface area contributed by atoms with Gasteiger partial charge < -0.3 is 34.1 Å². The molecule has 1 aliphatic heterocycles. The first kappa shape index (κ1) is 10.2. The van der Waals surface area contributed by atoms with Gasteiger partial charge in [0.1, 0.15) is 0 Å². The van der Waals surface area contributed by atoms with Gasteiger partial charge in [0.2, 0.25) is 0 Å². The van der Waals surface area contributed by atoms with Gasteiger partial charge in [0.15, 0.2) is 5.71 Å². The fraction of sp³-hybridized carbons (Fsp3) is 0.833. The summed E-state index contributed by atoms with van der Waals surface area (Å²) in [5.74, 6) is 0. The molecule has 1 saturated heterocycles. The minimum absolute atomic E-state index is 0. The molecule has 1 aliphatic rings. The highest BCUT2D eigenvalue weighted by molar-refractivity contribution is 5.79. The quantitative estimate of drug-likeness (QED) is 0.270. The second kappa shape index (κ2) is 4.90.